The van der Waals surface area contributed by atoms with Gasteiger partial charge in [-0.1, -0.05) is 19.1 Å². The molecule has 0 aliphatic carbocycles. The lowest BCUT2D eigenvalue weighted by atomic mass is 10.1. The van der Waals surface area contributed by atoms with Crippen molar-refractivity contribution in [3.05, 3.63) is 35.4 Å². The SMILES string of the molecule is CC(CCO)CNS(=O)(=O)Cc1ccc(C#N)cc1. The topological polar surface area (TPSA) is 90.2 Å². The average Bonchev–Trinajstić information content (AvgIpc) is 2.37. The van der Waals surface area contributed by atoms with E-state index in [1.165, 1.54) is 0 Å². The van der Waals surface area contributed by atoms with Crippen molar-refractivity contribution in [2.45, 2.75) is 19.1 Å². The van der Waals surface area contributed by atoms with Gasteiger partial charge in [-0.3, -0.25) is 0 Å². The predicted molar refractivity (Wildman–Crippen MR) is 72.7 cm³/mol. The molecule has 1 aromatic rings. The van der Waals surface area contributed by atoms with Crippen LogP contribution in [0.3, 0.4) is 0 Å². The lowest BCUT2D eigenvalue weighted by Crippen LogP contribution is -2.29. The highest BCUT2D eigenvalue weighted by molar-refractivity contribution is 7.88. The van der Waals surface area contributed by atoms with Crippen LogP contribution in [0.4, 0.5) is 0 Å². The first-order chi connectivity index (χ1) is 8.96. The van der Waals surface area contributed by atoms with Crippen LogP contribution in [-0.4, -0.2) is 26.7 Å². The van der Waals surface area contributed by atoms with Crippen LogP contribution < -0.4 is 4.72 Å². The Labute approximate surface area is 113 Å². The third kappa shape index (κ3) is 5.83. The normalized spacial score (nSPS) is 12.9. The van der Waals surface area contributed by atoms with E-state index < -0.39 is 10.0 Å². The van der Waals surface area contributed by atoms with Crippen molar-refractivity contribution in [1.82, 2.24) is 4.72 Å². The lowest BCUT2D eigenvalue weighted by molar-refractivity contribution is 0.263. The Bertz CT molecular complexity index is 532. The monoisotopic (exact) mass is 282 g/mol. The van der Waals surface area contributed by atoms with Crippen LogP contribution in [-0.2, 0) is 15.8 Å². The van der Waals surface area contributed by atoms with E-state index in [0.29, 0.717) is 24.1 Å². The summed E-state index contributed by atoms with van der Waals surface area (Å²) in [7, 11) is -3.38. The van der Waals surface area contributed by atoms with Crippen molar-refractivity contribution in [3.8, 4) is 6.07 Å². The van der Waals surface area contributed by atoms with Crippen LogP contribution in [0.5, 0.6) is 0 Å². The van der Waals surface area contributed by atoms with Gasteiger partial charge in [0.05, 0.1) is 17.4 Å². The first-order valence-corrected chi connectivity index (χ1v) is 7.69. The molecule has 1 rings (SSSR count). The molecular weight excluding hydrogens is 264 g/mol. The van der Waals surface area contributed by atoms with Gasteiger partial charge in [0.25, 0.3) is 0 Å². The largest absolute Gasteiger partial charge is 0.396 e. The Morgan fingerprint density at radius 2 is 2.00 bits per heavy atom. The summed E-state index contributed by atoms with van der Waals surface area (Å²) in [5, 5.41) is 17.4. The Morgan fingerprint density at radius 3 is 2.53 bits per heavy atom. The van der Waals surface area contributed by atoms with Crippen LogP contribution in [0.2, 0.25) is 0 Å². The van der Waals surface area contributed by atoms with E-state index in [2.05, 4.69) is 4.72 Å². The summed E-state index contributed by atoms with van der Waals surface area (Å²) in [4.78, 5) is 0. The number of sulfonamides is 1. The van der Waals surface area contributed by atoms with E-state index in [1.807, 2.05) is 13.0 Å². The molecule has 0 fully saturated rings. The van der Waals surface area contributed by atoms with Crippen LogP contribution in [0.25, 0.3) is 0 Å². The Balaban J connectivity index is 2.56. The van der Waals surface area contributed by atoms with Gasteiger partial charge in [-0.05, 0) is 30.0 Å². The maximum atomic E-state index is 11.8. The van der Waals surface area contributed by atoms with E-state index in [0.717, 1.165) is 0 Å². The number of hydrogen-bond donors (Lipinski definition) is 2. The minimum Gasteiger partial charge on any atom is -0.396 e. The number of nitriles is 1. The van der Waals surface area contributed by atoms with Gasteiger partial charge in [0.1, 0.15) is 0 Å². The number of rotatable bonds is 7. The first-order valence-electron chi connectivity index (χ1n) is 6.04. The van der Waals surface area contributed by atoms with E-state index in [9.17, 15) is 8.42 Å². The molecule has 6 heteroatoms. The molecule has 104 valence electrons. The van der Waals surface area contributed by atoms with Crippen molar-refractivity contribution < 1.29 is 13.5 Å². The van der Waals surface area contributed by atoms with Gasteiger partial charge in [-0.2, -0.15) is 5.26 Å². The van der Waals surface area contributed by atoms with Gasteiger partial charge >= 0.3 is 0 Å². The molecule has 0 bridgehead atoms. The number of nitrogens with zero attached hydrogens (tertiary/aromatic N) is 1. The van der Waals surface area contributed by atoms with Crippen molar-refractivity contribution in [2.24, 2.45) is 5.92 Å². The molecule has 0 radical (unpaired) electrons. The number of nitrogens with one attached hydrogen (secondary N) is 1. The van der Waals surface area contributed by atoms with Gasteiger partial charge < -0.3 is 5.11 Å². The van der Waals surface area contributed by atoms with E-state index in [4.69, 9.17) is 10.4 Å². The zero-order chi connectivity index (χ0) is 14.3. The van der Waals surface area contributed by atoms with Crippen LogP contribution in [0.1, 0.15) is 24.5 Å². The zero-order valence-electron chi connectivity index (χ0n) is 10.8. The highest BCUT2D eigenvalue weighted by Gasteiger charge is 2.13. The van der Waals surface area contributed by atoms with Gasteiger partial charge in [0, 0.05) is 13.2 Å². The van der Waals surface area contributed by atoms with Crippen molar-refractivity contribution >= 4 is 10.0 Å². The third-order valence-electron chi connectivity index (χ3n) is 2.71. The highest BCUT2D eigenvalue weighted by Crippen LogP contribution is 2.08. The molecule has 0 aromatic heterocycles. The number of aliphatic hydroxyl groups excluding tert-OH is 1. The zero-order valence-corrected chi connectivity index (χ0v) is 11.7. The molecule has 0 spiro atoms. The molecule has 2 N–H and O–H groups in total. The second-order valence-corrected chi connectivity index (χ2v) is 6.34. The van der Waals surface area contributed by atoms with Crippen molar-refractivity contribution in [3.63, 3.8) is 0 Å². The standard InChI is InChI=1S/C13H18N2O3S/c1-11(6-7-16)9-15-19(17,18)10-13-4-2-12(8-14)3-5-13/h2-5,11,15-16H,6-7,9-10H2,1H3. The summed E-state index contributed by atoms with van der Waals surface area (Å²) < 4.78 is 26.2. The second kappa shape index (κ2) is 7.24. The molecule has 0 saturated carbocycles. The smallest absolute Gasteiger partial charge is 0.215 e. The Kier molecular flexibility index (Phi) is 5.96. The van der Waals surface area contributed by atoms with E-state index in [1.54, 1.807) is 24.3 Å². The third-order valence-corrected chi connectivity index (χ3v) is 4.03. The quantitative estimate of drug-likeness (QED) is 0.780. The number of aliphatic hydroxyl groups is 1. The fraction of sp³-hybridized carbons (Fsp3) is 0.462. The molecule has 0 amide bonds. The van der Waals surface area contributed by atoms with Gasteiger partial charge in [0.15, 0.2) is 0 Å². The first kappa shape index (κ1) is 15.6. The summed E-state index contributed by atoms with van der Waals surface area (Å²) >= 11 is 0. The fourth-order valence-electron chi connectivity index (χ4n) is 1.54. The minimum atomic E-state index is -3.38. The fourth-order valence-corrected chi connectivity index (χ4v) is 2.81. The summed E-state index contributed by atoms with van der Waals surface area (Å²) in [6.07, 6.45) is 0.569. The summed E-state index contributed by atoms with van der Waals surface area (Å²) in [5.74, 6) is -0.00869. The van der Waals surface area contributed by atoms with Crippen LogP contribution in [0, 0.1) is 17.2 Å². The summed E-state index contributed by atoms with van der Waals surface area (Å²) in [6, 6.07) is 8.44. The van der Waals surface area contributed by atoms with Crippen molar-refractivity contribution in [1.29, 1.82) is 5.26 Å². The molecule has 1 atom stereocenters. The van der Waals surface area contributed by atoms with Crippen LogP contribution >= 0.6 is 0 Å². The van der Waals surface area contributed by atoms with E-state index >= 15 is 0 Å². The second-order valence-electron chi connectivity index (χ2n) is 4.53. The molecule has 1 unspecified atom stereocenters. The van der Waals surface area contributed by atoms with E-state index in [-0.39, 0.29) is 18.3 Å². The maximum Gasteiger partial charge on any atom is 0.215 e. The van der Waals surface area contributed by atoms with Gasteiger partial charge in [-0.15, -0.1) is 0 Å². The molecule has 0 heterocycles. The van der Waals surface area contributed by atoms with Gasteiger partial charge in [0.2, 0.25) is 10.0 Å². The molecule has 0 aliphatic heterocycles. The Hall–Kier alpha value is -1.42. The maximum absolute atomic E-state index is 11.8. The van der Waals surface area contributed by atoms with Gasteiger partial charge in [-0.25, -0.2) is 13.1 Å². The summed E-state index contributed by atoms with van der Waals surface area (Å²) in [6.45, 7) is 2.25. The predicted octanol–water partition coefficient (Wildman–Crippen LogP) is 0.996. The summed E-state index contributed by atoms with van der Waals surface area (Å²) in [5.41, 5.74) is 1.15. The minimum absolute atomic E-state index is 0.0541. The molecular formula is C13H18N2O3S. The lowest BCUT2D eigenvalue weighted by Gasteiger charge is -2.11. The Morgan fingerprint density at radius 1 is 1.37 bits per heavy atom. The molecule has 0 saturated heterocycles. The molecule has 0 aliphatic rings. The van der Waals surface area contributed by atoms with Crippen LogP contribution in [0.15, 0.2) is 24.3 Å². The average molecular weight is 282 g/mol. The molecule has 1 aromatic carbocycles. The molecule has 5 nitrogen and oxygen atoms in total. The number of benzene rings is 1. The highest BCUT2D eigenvalue weighted by atomic mass is 32.2. The number of hydrogen-bond acceptors (Lipinski definition) is 4. The molecule has 19 heavy (non-hydrogen) atoms. The van der Waals surface area contributed by atoms with Crippen molar-refractivity contribution in [2.75, 3.05) is 13.2 Å².